The Morgan fingerprint density at radius 1 is 1.10 bits per heavy atom. The van der Waals surface area contributed by atoms with Gasteiger partial charge in [0.2, 0.25) is 11.8 Å². The van der Waals surface area contributed by atoms with Crippen molar-refractivity contribution in [3.63, 3.8) is 0 Å². The average Bonchev–Trinajstić information content (AvgIpc) is 3.59. The van der Waals surface area contributed by atoms with Crippen LogP contribution in [0.2, 0.25) is 0 Å². The third-order valence-electron chi connectivity index (χ3n) is 9.93. The molecule has 2 N–H and O–H groups in total. The number of likely N-dealkylation sites (tertiary alicyclic amines) is 1. The Hall–Kier alpha value is -2.74. The molecule has 1 aromatic heterocycles. The van der Waals surface area contributed by atoms with Crippen LogP contribution in [0.1, 0.15) is 85.3 Å². The lowest BCUT2D eigenvalue weighted by Gasteiger charge is -2.32. The van der Waals surface area contributed by atoms with Crippen LogP contribution in [-0.4, -0.2) is 58.4 Å². The van der Waals surface area contributed by atoms with Crippen LogP contribution in [0.25, 0.3) is 11.0 Å². The minimum absolute atomic E-state index is 0.0626. The molecule has 6 rings (SSSR count). The number of methoxy groups -OCH3 is 1. The molecule has 1 aromatic carbocycles. The number of carbonyl (C=O) groups is 2. The number of nitrogens with zero attached hydrogens (tertiary/aromatic N) is 3. The number of rotatable bonds is 11. The molecule has 2 heterocycles. The summed E-state index contributed by atoms with van der Waals surface area (Å²) in [4.78, 5) is 37.7. The van der Waals surface area contributed by atoms with Gasteiger partial charge in [0, 0.05) is 12.0 Å². The lowest BCUT2D eigenvalue weighted by atomic mass is 9.81. The van der Waals surface area contributed by atoms with Crippen molar-refractivity contribution in [2.24, 2.45) is 34.8 Å². The maximum Gasteiger partial charge on any atom is 0.240 e. The van der Waals surface area contributed by atoms with Crippen molar-refractivity contribution in [3.8, 4) is 11.6 Å². The summed E-state index contributed by atoms with van der Waals surface area (Å²) in [6.07, 6.45) is 9.55. The fourth-order valence-electron chi connectivity index (χ4n) is 7.27. The van der Waals surface area contributed by atoms with Gasteiger partial charge in [0.25, 0.3) is 0 Å². The Labute approximate surface area is 244 Å². The van der Waals surface area contributed by atoms with Crippen LogP contribution in [-0.2, 0) is 16.0 Å². The highest BCUT2D eigenvalue weighted by molar-refractivity contribution is 5.91. The number of unbranched alkanes of at least 4 members (excludes halogenated alkanes) is 2. The highest BCUT2D eigenvalue weighted by atomic mass is 16.5. The molecule has 2 bridgehead atoms. The van der Waals surface area contributed by atoms with E-state index in [1.54, 1.807) is 12.0 Å². The van der Waals surface area contributed by atoms with E-state index in [4.69, 9.17) is 25.2 Å². The number of amides is 1. The van der Waals surface area contributed by atoms with Gasteiger partial charge in [0.05, 0.1) is 36.8 Å². The van der Waals surface area contributed by atoms with Crippen molar-refractivity contribution in [1.29, 1.82) is 0 Å². The average molecular weight is 565 g/mol. The van der Waals surface area contributed by atoms with Gasteiger partial charge in [0.1, 0.15) is 17.5 Å². The number of aryl methyl sites for hydroxylation is 1. The molecule has 224 valence electrons. The van der Waals surface area contributed by atoms with E-state index in [9.17, 15) is 9.59 Å². The largest absolute Gasteiger partial charge is 0.497 e. The van der Waals surface area contributed by atoms with Gasteiger partial charge in [-0.3, -0.25) is 9.59 Å². The number of aromatic nitrogens is 2. The van der Waals surface area contributed by atoms with Gasteiger partial charge in [0.15, 0.2) is 5.78 Å². The van der Waals surface area contributed by atoms with Crippen LogP contribution in [0, 0.1) is 29.1 Å². The number of fused-ring (bicyclic) bond motifs is 2. The van der Waals surface area contributed by atoms with E-state index in [-0.39, 0.29) is 24.2 Å². The van der Waals surface area contributed by atoms with Crippen molar-refractivity contribution < 1.29 is 19.1 Å². The summed E-state index contributed by atoms with van der Waals surface area (Å²) in [6, 6.07) is 4.39. The number of hydrogen-bond acceptors (Lipinski definition) is 7. The third-order valence-corrected chi connectivity index (χ3v) is 9.93. The number of ether oxygens (including phenoxy) is 2. The van der Waals surface area contributed by atoms with Gasteiger partial charge in [-0.2, -0.15) is 0 Å². The summed E-state index contributed by atoms with van der Waals surface area (Å²) >= 11 is 0. The van der Waals surface area contributed by atoms with Crippen molar-refractivity contribution in [3.05, 3.63) is 23.9 Å². The minimum atomic E-state index is -0.714. The lowest BCUT2D eigenvalue weighted by molar-refractivity contribution is -0.140. The Kier molecular flexibility index (Phi) is 8.61. The second-order valence-corrected chi connectivity index (χ2v) is 13.9. The van der Waals surface area contributed by atoms with Crippen LogP contribution in [0.4, 0.5) is 0 Å². The van der Waals surface area contributed by atoms with Crippen LogP contribution in [0.5, 0.6) is 11.6 Å². The van der Waals surface area contributed by atoms with Crippen LogP contribution >= 0.6 is 0 Å². The molecule has 5 atom stereocenters. The first-order chi connectivity index (χ1) is 19.5. The fourth-order valence-corrected chi connectivity index (χ4v) is 7.27. The van der Waals surface area contributed by atoms with Gasteiger partial charge < -0.3 is 20.1 Å². The molecule has 8 nitrogen and oxygen atoms in total. The van der Waals surface area contributed by atoms with Crippen molar-refractivity contribution in [2.75, 3.05) is 13.7 Å². The second-order valence-electron chi connectivity index (χ2n) is 13.9. The summed E-state index contributed by atoms with van der Waals surface area (Å²) in [5, 5.41) is 0. The highest BCUT2D eigenvalue weighted by Crippen LogP contribution is 2.54. The molecule has 4 aliphatic rings. The number of hydrogen-bond donors (Lipinski definition) is 1. The van der Waals surface area contributed by atoms with Gasteiger partial charge in [-0.05, 0) is 74.3 Å². The van der Waals surface area contributed by atoms with E-state index in [0.29, 0.717) is 17.1 Å². The first-order valence-electron chi connectivity index (χ1n) is 15.5. The van der Waals surface area contributed by atoms with Crippen molar-refractivity contribution in [1.82, 2.24) is 14.9 Å². The Morgan fingerprint density at radius 3 is 2.49 bits per heavy atom. The summed E-state index contributed by atoms with van der Waals surface area (Å²) in [5.41, 5.74) is 8.24. The second kappa shape index (κ2) is 11.9. The third kappa shape index (κ3) is 6.23. The number of carbonyl (C=O) groups excluding carboxylic acids is 2. The highest BCUT2D eigenvalue weighted by Gasteiger charge is 2.48. The summed E-state index contributed by atoms with van der Waals surface area (Å²) < 4.78 is 12.0. The Morgan fingerprint density at radius 2 is 1.85 bits per heavy atom. The van der Waals surface area contributed by atoms with Crippen LogP contribution in [0.3, 0.4) is 0 Å². The molecule has 3 aliphatic carbocycles. The molecular formula is C33H48N4O4. The molecule has 1 amide bonds. The maximum absolute atomic E-state index is 13.4. The summed E-state index contributed by atoms with van der Waals surface area (Å²) in [6.45, 7) is 9.61. The lowest BCUT2D eigenvalue weighted by Crippen LogP contribution is -2.53. The van der Waals surface area contributed by atoms with Crippen LogP contribution in [0.15, 0.2) is 18.2 Å². The van der Waals surface area contributed by atoms with Crippen molar-refractivity contribution in [2.45, 2.75) is 104 Å². The van der Waals surface area contributed by atoms with E-state index in [2.05, 4.69) is 0 Å². The zero-order chi connectivity index (χ0) is 29.5. The molecule has 8 heteroatoms. The first kappa shape index (κ1) is 29.7. The zero-order valence-electron chi connectivity index (χ0n) is 25.7. The molecule has 1 saturated heterocycles. The molecule has 0 spiro atoms. The summed E-state index contributed by atoms with van der Waals surface area (Å²) in [7, 11) is 1.63. The van der Waals surface area contributed by atoms with E-state index < -0.39 is 23.6 Å². The molecule has 3 saturated carbocycles. The van der Waals surface area contributed by atoms with E-state index >= 15 is 0 Å². The monoisotopic (exact) mass is 564 g/mol. The van der Waals surface area contributed by atoms with Gasteiger partial charge in [-0.15, -0.1) is 0 Å². The Balaban J connectivity index is 1.33. The quantitative estimate of drug-likeness (QED) is 0.367. The maximum atomic E-state index is 13.4. The van der Waals surface area contributed by atoms with E-state index in [1.165, 1.54) is 39.0 Å². The molecule has 4 fully saturated rings. The van der Waals surface area contributed by atoms with Crippen molar-refractivity contribution >= 4 is 22.7 Å². The normalized spacial score (nSPS) is 28.0. The molecule has 1 aliphatic heterocycles. The van der Waals surface area contributed by atoms with Crippen LogP contribution < -0.4 is 15.2 Å². The smallest absolute Gasteiger partial charge is 0.240 e. The predicted octanol–water partition coefficient (Wildman–Crippen LogP) is 5.34. The van der Waals surface area contributed by atoms with E-state index in [0.717, 1.165) is 48.2 Å². The zero-order valence-corrected chi connectivity index (χ0v) is 25.7. The number of Topliss-reactive ketones (excluding diaryl/α,β-unsaturated/α-hetero) is 1. The van der Waals surface area contributed by atoms with Gasteiger partial charge in [-0.1, -0.05) is 47.0 Å². The number of ketones is 1. The fraction of sp³-hybridized carbons (Fsp3) is 0.697. The molecule has 2 unspecified atom stereocenters. The SMILES string of the molecule is COc1ccc2nc(CCCCC[C@H]3C[C@H]4C[C@@H]3C4)c(OC3CN(C(=O)C(N)C(C)(C)C)[C@H](C(C)=O)[C@@H]3C)nc2c1. The molecular weight excluding hydrogens is 516 g/mol. The molecule has 0 radical (unpaired) electrons. The first-order valence-corrected chi connectivity index (χ1v) is 15.5. The summed E-state index contributed by atoms with van der Waals surface area (Å²) in [5.74, 6) is 3.66. The van der Waals surface area contributed by atoms with E-state index in [1.807, 2.05) is 45.9 Å². The standard InChI is InChI=1S/C33H48N4O4/c1-19-28(18-37(29(19)20(2)38)32(39)30(34)33(3,4)5)41-31-26(35-25-13-12-24(40-6)17-27(25)36-31)11-9-7-8-10-22-14-21-15-23(22)16-21/h12-13,17,19,21-23,28-30H,7-11,14-16,18,34H2,1-6H3/t19-,21-,22+,23+,28?,29+,30?/m1/s1. The molecule has 2 aromatic rings. The van der Waals surface area contributed by atoms with Gasteiger partial charge in [-0.25, -0.2) is 9.97 Å². The Bertz CT molecular complexity index is 1270. The molecule has 41 heavy (non-hydrogen) atoms. The number of benzene rings is 1. The topological polar surface area (TPSA) is 108 Å². The van der Waals surface area contributed by atoms with Gasteiger partial charge >= 0.3 is 0 Å². The predicted molar refractivity (Wildman–Crippen MR) is 160 cm³/mol. The number of nitrogens with two attached hydrogens (primary N) is 1. The minimum Gasteiger partial charge on any atom is -0.497 e.